The molecule has 0 radical (unpaired) electrons. The van der Waals surface area contributed by atoms with E-state index in [1.807, 2.05) is 30.3 Å². The summed E-state index contributed by atoms with van der Waals surface area (Å²) in [7, 11) is 0. The molecule has 1 aromatic heterocycles. The van der Waals surface area contributed by atoms with Crippen molar-refractivity contribution in [3.05, 3.63) is 48.3 Å². The number of carbonyl (C=O) groups excluding carboxylic acids is 1. The van der Waals surface area contributed by atoms with E-state index in [2.05, 4.69) is 5.10 Å². The largest absolute Gasteiger partial charge is 0.393 e. The maximum atomic E-state index is 12.3. The summed E-state index contributed by atoms with van der Waals surface area (Å²) in [6.07, 6.45) is 4.38. The number of rotatable bonds is 2. The molecule has 0 unspecified atom stereocenters. The van der Waals surface area contributed by atoms with Gasteiger partial charge in [0.2, 0.25) is 0 Å². The zero-order valence-electron chi connectivity index (χ0n) is 11.1. The van der Waals surface area contributed by atoms with Crippen molar-refractivity contribution in [1.82, 2.24) is 14.7 Å². The average Bonchev–Trinajstić information content (AvgIpc) is 2.98. The topological polar surface area (TPSA) is 58.4 Å². The van der Waals surface area contributed by atoms with E-state index in [1.54, 1.807) is 22.0 Å². The Morgan fingerprint density at radius 1 is 1.20 bits per heavy atom. The Morgan fingerprint density at radius 2 is 1.90 bits per heavy atom. The number of aliphatic hydroxyl groups is 1. The van der Waals surface area contributed by atoms with Crippen LogP contribution >= 0.6 is 0 Å². The number of aromatic nitrogens is 2. The molecule has 3 rings (SSSR count). The summed E-state index contributed by atoms with van der Waals surface area (Å²) in [5, 5.41) is 13.7. The van der Waals surface area contributed by atoms with Crippen LogP contribution in [0.15, 0.2) is 42.7 Å². The molecule has 0 aliphatic carbocycles. The van der Waals surface area contributed by atoms with E-state index in [9.17, 15) is 9.90 Å². The molecule has 1 aliphatic rings. The van der Waals surface area contributed by atoms with Gasteiger partial charge in [-0.25, -0.2) is 4.68 Å². The minimum absolute atomic E-state index is 0.0147. The summed E-state index contributed by atoms with van der Waals surface area (Å²) >= 11 is 0. The monoisotopic (exact) mass is 271 g/mol. The van der Waals surface area contributed by atoms with Crippen LogP contribution in [0, 0.1) is 0 Å². The van der Waals surface area contributed by atoms with E-state index in [-0.39, 0.29) is 12.0 Å². The lowest BCUT2D eigenvalue weighted by Crippen LogP contribution is -2.39. The summed E-state index contributed by atoms with van der Waals surface area (Å²) in [4.78, 5) is 14.1. The van der Waals surface area contributed by atoms with Crippen molar-refractivity contribution in [2.75, 3.05) is 13.1 Å². The zero-order chi connectivity index (χ0) is 13.9. The quantitative estimate of drug-likeness (QED) is 0.900. The van der Waals surface area contributed by atoms with Crippen LogP contribution in [0.1, 0.15) is 23.2 Å². The predicted octanol–water partition coefficient (Wildman–Crippen LogP) is 1.47. The van der Waals surface area contributed by atoms with E-state index in [4.69, 9.17) is 0 Å². The van der Waals surface area contributed by atoms with E-state index in [0.29, 0.717) is 31.5 Å². The molecule has 0 bridgehead atoms. The first-order valence-corrected chi connectivity index (χ1v) is 6.81. The van der Waals surface area contributed by atoms with Crippen LogP contribution in [0.2, 0.25) is 0 Å². The number of hydrogen-bond donors (Lipinski definition) is 1. The van der Waals surface area contributed by atoms with Gasteiger partial charge in [-0.05, 0) is 25.0 Å². The molecule has 0 atom stereocenters. The van der Waals surface area contributed by atoms with Gasteiger partial charge in [-0.15, -0.1) is 0 Å². The maximum Gasteiger partial charge on any atom is 0.257 e. The van der Waals surface area contributed by atoms with Crippen molar-refractivity contribution in [2.24, 2.45) is 0 Å². The standard InChI is InChI=1S/C15H17N3O2/c19-14-6-8-17(9-7-14)15(20)12-10-16-18(11-12)13-4-2-1-3-5-13/h1-5,10-11,14,19H,6-9H2. The number of amides is 1. The van der Waals surface area contributed by atoms with Gasteiger partial charge in [0.25, 0.3) is 5.91 Å². The van der Waals surface area contributed by atoms with Crippen molar-refractivity contribution < 1.29 is 9.90 Å². The average molecular weight is 271 g/mol. The van der Waals surface area contributed by atoms with Crippen molar-refractivity contribution in [3.63, 3.8) is 0 Å². The highest BCUT2D eigenvalue weighted by molar-refractivity contribution is 5.93. The first-order chi connectivity index (χ1) is 9.74. The van der Waals surface area contributed by atoms with Gasteiger partial charge < -0.3 is 10.0 Å². The Kier molecular flexibility index (Phi) is 3.52. The fourth-order valence-corrected chi connectivity index (χ4v) is 2.41. The SMILES string of the molecule is O=C(c1cnn(-c2ccccc2)c1)N1CCC(O)CC1. The van der Waals surface area contributed by atoms with Crippen molar-refractivity contribution in [3.8, 4) is 5.69 Å². The molecular weight excluding hydrogens is 254 g/mol. The molecule has 20 heavy (non-hydrogen) atoms. The predicted molar refractivity (Wildman–Crippen MR) is 74.7 cm³/mol. The molecule has 1 amide bonds. The second-order valence-corrected chi connectivity index (χ2v) is 5.03. The Hall–Kier alpha value is -2.14. The van der Waals surface area contributed by atoms with Gasteiger partial charge in [0.1, 0.15) is 0 Å². The highest BCUT2D eigenvalue weighted by Gasteiger charge is 2.23. The molecular formula is C15H17N3O2. The molecule has 2 heterocycles. The van der Waals surface area contributed by atoms with Gasteiger partial charge in [0.05, 0.1) is 23.6 Å². The minimum atomic E-state index is -0.272. The van der Waals surface area contributed by atoms with Gasteiger partial charge in [0.15, 0.2) is 0 Å². The highest BCUT2D eigenvalue weighted by atomic mass is 16.3. The first-order valence-electron chi connectivity index (χ1n) is 6.81. The smallest absolute Gasteiger partial charge is 0.257 e. The molecule has 1 aromatic carbocycles. The highest BCUT2D eigenvalue weighted by Crippen LogP contribution is 2.14. The van der Waals surface area contributed by atoms with Gasteiger partial charge >= 0.3 is 0 Å². The Labute approximate surface area is 117 Å². The normalized spacial score (nSPS) is 16.4. The first kappa shape index (κ1) is 12.9. The van der Waals surface area contributed by atoms with Crippen LogP contribution in [-0.4, -0.2) is 44.9 Å². The van der Waals surface area contributed by atoms with Crippen LogP contribution in [0.4, 0.5) is 0 Å². The number of aliphatic hydroxyl groups excluding tert-OH is 1. The van der Waals surface area contributed by atoms with Crippen LogP contribution in [0.5, 0.6) is 0 Å². The fraction of sp³-hybridized carbons (Fsp3) is 0.333. The molecule has 1 aliphatic heterocycles. The van der Waals surface area contributed by atoms with Gasteiger partial charge in [0, 0.05) is 19.3 Å². The molecule has 0 spiro atoms. The summed E-state index contributed by atoms with van der Waals surface area (Å²) in [6.45, 7) is 1.22. The molecule has 5 heteroatoms. The van der Waals surface area contributed by atoms with Crippen LogP contribution in [0.3, 0.4) is 0 Å². The number of benzene rings is 1. The molecule has 5 nitrogen and oxygen atoms in total. The lowest BCUT2D eigenvalue weighted by atomic mass is 10.1. The minimum Gasteiger partial charge on any atom is -0.393 e. The molecule has 104 valence electrons. The molecule has 2 aromatic rings. The lowest BCUT2D eigenvalue weighted by Gasteiger charge is -2.29. The van der Waals surface area contributed by atoms with Gasteiger partial charge in [-0.2, -0.15) is 5.10 Å². The Morgan fingerprint density at radius 3 is 2.60 bits per heavy atom. The van der Waals surface area contributed by atoms with Crippen LogP contribution in [-0.2, 0) is 0 Å². The van der Waals surface area contributed by atoms with Crippen LogP contribution < -0.4 is 0 Å². The summed E-state index contributed by atoms with van der Waals surface area (Å²) in [6, 6.07) is 9.70. The van der Waals surface area contributed by atoms with Crippen LogP contribution in [0.25, 0.3) is 5.69 Å². The third kappa shape index (κ3) is 2.58. The third-order valence-electron chi connectivity index (χ3n) is 3.60. The summed E-state index contributed by atoms with van der Waals surface area (Å²) < 4.78 is 1.70. The lowest BCUT2D eigenvalue weighted by molar-refractivity contribution is 0.0546. The fourth-order valence-electron chi connectivity index (χ4n) is 2.41. The third-order valence-corrected chi connectivity index (χ3v) is 3.60. The molecule has 1 saturated heterocycles. The van der Waals surface area contributed by atoms with Crippen molar-refractivity contribution in [1.29, 1.82) is 0 Å². The number of hydrogen-bond acceptors (Lipinski definition) is 3. The van der Waals surface area contributed by atoms with E-state index < -0.39 is 0 Å². The molecule has 1 fully saturated rings. The molecule has 1 N–H and O–H groups in total. The Balaban J connectivity index is 1.75. The zero-order valence-corrected chi connectivity index (χ0v) is 11.1. The maximum absolute atomic E-state index is 12.3. The number of para-hydroxylation sites is 1. The number of carbonyl (C=O) groups is 1. The number of piperidine rings is 1. The van der Waals surface area contributed by atoms with Crippen molar-refractivity contribution >= 4 is 5.91 Å². The second-order valence-electron chi connectivity index (χ2n) is 5.03. The molecule has 0 saturated carbocycles. The second kappa shape index (κ2) is 5.46. The summed E-state index contributed by atoms with van der Waals surface area (Å²) in [5.41, 5.74) is 1.52. The van der Waals surface area contributed by atoms with Crippen molar-refractivity contribution in [2.45, 2.75) is 18.9 Å². The van der Waals surface area contributed by atoms with Gasteiger partial charge in [-0.1, -0.05) is 18.2 Å². The van der Waals surface area contributed by atoms with E-state index >= 15 is 0 Å². The summed E-state index contributed by atoms with van der Waals surface area (Å²) in [5.74, 6) is -0.0147. The number of likely N-dealkylation sites (tertiary alicyclic amines) is 1. The Bertz CT molecular complexity index is 586. The number of nitrogens with zero attached hydrogens (tertiary/aromatic N) is 3. The van der Waals surface area contributed by atoms with E-state index in [0.717, 1.165) is 5.69 Å². The van der Waals surface area contributed by atoms with E-state index in [1.165, 1.54) is 0 Å². The van der Waals surface area contributed by atoms with Gasteiger partial charge in [-0.3, -0.25) is 4.79 Å².